The number of aryl methyl sites for hydroxylation is 2. The van der Waals surface area contributed by atoms with Gasteiger partial charge in [0.25, 0.3) is 0 Å². The van der Waals surface area contributed by atoms with Crippen LogP contribution >= 0.6 is 11.6 Å². The molecular weight excluding hydrogens is 272 g/mol. The van der Waals surface area contributed by atoms with Crippen molar-refractivity contribution in [3.8, 4) is 5.75 Å². The maximum Gasteiger partial charge on any atom is 0.125 e. The van der Waals surface area contributed by atoms with Gasteiger partial charge in [-0.3, -0.25) is 0 Å². The van der Waals surface area contributed by atoms with Crippen molar-refractivity contribution >= 4 is 11.6 Å². The molecule has 20 heavy (non-hydrogen) atoms. The molecule has 0 fully saturated rings. The minimum atomic E-state index is -1.16. The summed E-state index contributed by atoms with van der Waals surface area (Å²) in [6.45, 7) is 5.76. The molecule has 2 rings (SSSR count). The fraction of sp³-hybridized carbons (Fsp3) is 0.294. The fourth-order valence-electron chi connectivity index (χ4n) is 2.47. The Morgan fingerprint density at radius 3 is 2.40 bits per heavy atom. The SMILES string of the molecule is COc1ccc(Cl)cc1C(C)(O)c1cc(C)ccc1C. The van der Waals surface area contributed by atoms with Crippen LogP contribution in [0, 0.1) is 13.8 Å². The van der Waals surface area contributed by atoms with Crippen LogP contribution in [0.3, 0.4) is 0 Å². The molecule has 2 aromatic carbocycles. The molecule has 0 amide bonds. The van der Waals surface area contributed by atoms with Crippen LogP contribution in [0.2, 0.25) is 5.02 Å². The highest BCUT2D eigenvalue weighted by atomic mass is 35.5. The Balaban J connectivity index is 2.65. The predicted molar refractivity (Wildman–Crippen MR) is 82.6 cm³/mol. The second-order valence-electron chi connectivity index (χ2n) is 5.24. The van der Waals surface area contributed by atoms with Gasteiger partial charge in [0.2, 0.25) is 0 Å². The van der Waals surface area contributed by atoms with Gasteiger partial charge in [-0.25, -0.2) is 0 Å². The van der Waals surface area contributed by atoms with Gasteiger partial charge in [-0.2, -0.15) is 0 Å². The first-order valence-electron chi connectivity index (χ1n) is 6.50. The molecule has 0 aliphatic heterocycles. The Labute approximate surface area is 125 Å². The molecule has 2 nitrogen and oxygen atoms in total. The first kappa shape index (κ1) is 14.9. The molecule has 0 saturated heterocycles. The van der Waals surface area contributed by atoms with Crippen molar-refractivity contribution in [1.29, 1.82) is 0 Å². The van der Waals surface area contributed by atoms with E-state index in [4.69, 9.17) is 16.3 Å². The summed E-state index contributed by atoms with van der Waals surface area (Å²) < 4.78 is 5.36. The maximum absolute atomic E-state index is 11.1. The highest BCUT2D eigenvalue weighted by Crippen LogP contribution is 2.38. The van der Waals surface area contributed by atoms with Gasteiger partial charge in [0.1, 0.15) is 11.4 Å². The molecule has 1 unspecified atom stereocenters. The molecule has 0 aromatic heterocycles. The van der Waals surface area contributed by atoms with Crippen LogP contribution in [-0.2, 0) is 5.60 Å². The molecule has 0 saturated carbocycles. The van der Waals surface area contributed by atoms with Gasteiger partial charge >= 0.3 is 0 Å². The van der Waals surface area contributed by atoms with E-state index in [1.807, 2.05) is 32.0 Å². The van der Waals surface area contributed by atoms with E-state index in [0.717, 1.165) is 16.7 Å². The second-order valence-corrected chi connectivity index (χ2v) is 5.67. The maximum atomic E-state index is 11.1. The van der Waals surface area contributed by atoms with Crippen LogP contribution < -0.4 is 4.74 Å². The van der Waals surface area contributed by atoms with Crippen molar-refractivity contribution in [3.05, 3.63) is 63.7 Å². The van der Waals surface area contributed by atoms with Crippen LogP contribution in [0.25, 0.3) is 0 Å². The lowest BCUT2D eigenvalue weighted by molar-refractivity contribution is 0.0982. The van der Waals surface area contributed by atoms with Crippen LogP contribution in [-0.4, -0.2) is 12.2 Å². The van der Waals surface area contributed by atoms with E-state index in [1.165, 1.54) is 0 Å². The number of benzene rings is 2. The van der Waals surface area contributed by atoms with Crippen molar-refractivity contribution in [2.45, 2.75) is 26.4 Å². The second kappa shape index (κ2) is 5.47. The molecule has 0 bridgehead atoms. The van der Waals surface area contributed by atoms with Crippen LogP contribution in [0.5, 0.6) is 5.75 Å². The lowest BCUT2D eigenvalue weighted by atomic mass is 9.84. The molecule has 1 N–H and O–H groups in total. The minimum absolute atomic E-state index is 0.575. The highest BCUT2D eigenvalue weighted by Gasteiger charge is 2.30. The van der Waals surface area contributed by atoms with Gasteiger partial charge in [-0.15, -0.1) is 0 Å². The highest BCUT2D eigenvalue weighted by molar-refractivity contribution is 6.30. The molecular formula is C17H19ClO2. The van der Waals surface area contributed by atoms with E-state index in [-0.39, 0.29) is 0 Å². The van der Waals surface area contributed by atoms with E-state index in [9.17, 15) is 5.11 Å². The molecule has 0 aliphatic rings. The largest absolute Gasteiger partial charge is 0.496 e. The number of rotatable bonds is 3. The number of methoxy groups -OCH3 is 1. The predicted octanol–water partition coefficient (Wildman–Crippen LogP) is 4.22. The third-order valence-electron chi connectivity index (χ3n) is 3.60. The van der Waals surface area contributed by atoms with Crippen molar-refractivity contribution < 1.29 is 9.84 Å². The molecule has 0 spiro atoms. The Morgan fingerprint density at radius 2 is 1.75 bits per heavy atom. The van der Waals surface area contributed by atoms with Crippen molar-refractivity contribution in [2.75, 3.05) is 7.11 Å². The molecule has 1 atom stereocenters. The quantitative estimate of drug-likeness (QED) is 0.917. The Kier molecular flexibility index (Phi) is 4.07. The Bertz CT molecular complexity index is 633. The molecule has 0 radical (unpaired) electrons. The molecule has 106 valence electrons. The number of ether oxygens (including phenoxy) is 1. The van der Waals surface area contributed by atoms with Gasteiger partial charge in [0.05, 0.1) is 7.11 Å². The lowest BCUT2D eigenvalue weighted by Crippen LogP contribution is -2.25. The van der Waals surface area contributed by atoms with Gasteiger partial charge in [-0.05, 0) is 50.1 Å². The van der Waals surface area contributed by atoms with E-state index >= 15 is 0 Å². The van der Waals surface area contributed by atoms with Crippen molar-refractivity contribution in [2.24, 2.45) is 0 Å². The first-order chi connectivity index (χ1) is 9.36. The summed E-state index contributed by atoms with van der Waals surface area (Å²) in [5.74, 6) is 0.625. The van der Waals surface area contributed by atoms with Crippen LogP contribution in [0.1, 0.15) is 29.2 Å². The average Bonchev–Trinajstić information content (AvgIpc) is 2.41. The average molecular weight is 291 g/mol. The van der Waals surface area contributed by atoms with Gasteiger partial charge in [-0.1, -0.05) is 35.4 Å². The summed E-state index contributed by atoms with van der Waals surface area (Å²) >= 11 is 6.07. The smallest absolute Gasteiger partial charge is 0.125 e. The summed E-state index contributed by atoms with van der Waals surface area (Å²) in [7, 11) is 1.59. The summed E-state index contributed by atoms with van der Waals surface area (Å²) in [6, 6.07) is 11.3. The normalized spacial score (nSPS) is 13.9. The number of aliphatic hydroxyl groups is 1. The topological polar surface area (TPSA) is 29.5 Å². The lowest BCUT2D eigenvalue weighted by Gasteiger charge is -2.28. The van der Waals surface area contributed by atoms with Gasteiger partial charge in [0, 0.05) is 10.6 Å². The molecule has 0 heterocycles. The molecule has 3 heteroatoms. The Hall–Kier alpha value is -1.51. The molecule has 0 aliphatic carbocycles. The first-order valence-corrected chi connectivity index (χ1v) is 6.88. The van der Waals surface area contributed by atoms with Crippen molar-refractivity contribution in [3.63, 3.8) is 0 Å². The standard InChI is InChI=1S/C17H19ClO2/c1-11-5-6-12(2)14(9-11)17(3,19)15-10-13(18)7-8-16(15)20-4/h5-10,19H,1-4H3. The van der Waals surface area contributed by atoms with Crippen LogP contribution in [0.15, 0.2) is 36.4 Å². The van der Waals surface area contributed by atoms with E-state index in [0.29, 0.717) is 16.3 Å². The van der Waals surface area contributed by atoms with E-state index in [2.05, 4.69) is 0 Å². The van der Waals surface area contributed by atoms with Gasteiger partial charge in [0.15, 0.2) is 0 Å². The van der Waals surface area contributed by atoms with Crippen molar-refractivity contribution in [1.82, 2.24) is 0 Å². The summed E-state index contributed by atoms with van der Waals surface area (Å²) in [6.07, 6.45) is 0. The minimum Gasteiger partial charge on any atom is -0.496 e. The summed E-state index contributed by atoms with van der Waals surface area (Å²) in [5.41, 5.74) is 2.50. The van der Waals surface area contributed by atoms with E-state index < -0.39 is 5.60 Å². The van der Waals surface area contributed by atoms with Gasteiger partial charge < -0.3 is 9.84 Å². The zero-order chi connectivity index (χ0) is 14.9. The van der Waals surface area contributed by atoms with E-state index in [1.54, 1.807) is 32.2 Å². The number of hydrogen-bond donors (Lipinski definition) is 1. The van der Waals surface area contributed by atoms with Crippen LogP contribution in [0.4, 0.5) is 0 Å². The number of halogens is 1. The zero-order valence-electron chi connectivity index (χ0n) is 12.2. The summed E-state index contributed by atoms with van der Waals surface area (Å²) in [4.78, 5) is 0. The fourth-order valence-corrected chi connectivity index (χ4v) is 2.64. The molecule has 2 aromatic rings. The Morgan fingerprint density at radius 1 is 1.05 bits per heavy atom. The monoisotopic (exact) mass is 290 g/mol. The number of hydrogen-bond acceptors (Lipinski definition) is 2. The summed E-state index contributed by atoms with van der Waals surface area (Å²) in [5, 5.41) is 11.6. The zero-order valence-corrected chi connectivity index (χ0v) is 13.0. The third kappa shape index (κ3) is 2.67. The third-order valence-corrected chi connectivity index (χ3v) is 3.84.